The van der Waals surface area contributed by atoms with E-state index in [1.165, 1.54) is 19.8 Å². The zero-order chi connectivity index (χ0) is 10.6. The Labute approximate surface area is 85.8 Å². The summed E-state index contributed by atoms with van der Waals surface area (Å²) in [5.74, 6) is 0. The molecule has 4 nitrogen and oxygen atoms in total. The van der Waals surface area contributed by atoms with Crippen molar-refractivity contribution in [1.82, 2.24) is 5.32 Å². The van der Waals surface area contributed by atoms with Crippen LogP contribution in [-0.2, 0) is 10.1 Å². The van der Waals surface area contributed by atoms with Crippen molar-refractivity contribution in [3.8, 4) is 0 Å². The van der Waals surface area contributed by atoms with Crippen LogP contribution >= 0.6 is 0 Å². The van der Waals surface area contributed by atoms with E-state index in [0.29, 0.717) is 0 Å². The Morgan fingerprint density at radius 1 is 1.21 bits per heavy atom. The van der Waals surface area contributed by atoms with Gasteiger partial charge in [-0.3, -0.25) is 9.87 Å². The molecule has 0 aromatic rings. The van der Waals surface area contributed by atoms with Crippen molar-refractivity contribution in [2.45, 2.75) is 56.9 Å². The summed E-state index contributed by atoms with van der Waals surface area (Å²) in [5, 5.41) is 2.12. The molecule has 5 heteroatoms. The Balaban J connectivity index is 2.42. The summed E-state index contributed by atoms with van der Waals surface area (Å²) in [6.07, 6.45) is 6.79. The van der Waals surface area contributed by atoms with E-state index >= 15 is 0 Å². The van der Waals surface area contributed by atoms with E-state index in [1.807, 2.05) is 0 Å². The molecule has 0 bridgehead atoms. The van der Waals surface area contributed by atoms with Gasteiger partial charge in [0.1, 0.15) is 5.37 Å². The first-order chi connectivity index (χ1) is 6.50. The number of rotatable bonds is 3. The molecule has 1 atom stereocenters. The van der Waals surface area contributed by atoms with Gasteiger partial charge in [0.15, 0.2) is 0 Å². The fourth-order valence-corrected chi connectivity index (χ4v) is 2.23. The maximum Gasteiger partial charge on any atom is 0.280 e. The maximum atomic E-state index is 10.8. The number of hydrogen-bond donors (Lipinski definition) is 2. The molecule has 0 aromatic carbocycles. The van der Waals surface area contributed by atoms with E-state index in [-0.39, 0.29) is 6.04 Å². The van der Waals surface area contributed by atoms with Crippen LogP contribution in [0.15, 0.2) is 0 Å². The van der Waals surface area contributed by atoms with Crippen molar-refractivity contribution in [2.24, 2.45) is 0 Å². The second-order valence-corrected chi connectivity index (χ2v) is 5.75. The quantitative estimate of drug-likeness (QED) is 0.560. The first-order valence-corrected chi connectivity index (χ1v) is 6.73. The minimum Gasteiger partial charge on any atom is -0.297 e. The average Bonchev–Trinajstić information content (AvgIpc) is 2.31. The Morgan fingerprint density at radius 2 is 1.71 bits per heavy atom. The largest absolute Gasteiger partial charge is 0.297 e. The average molecular weight is 221 g/mol. The summed E-state index contributed by atoms with van der Waals surface area (Å²) < 4.78 is 30.4. The summed E-state index contributed by atoms with van der Waals surface area (Å²) in [6.45, 7) is 1.49. The van der Waals surface area contributed by atoms with Gasteiger partial charge in [0.2, 0.25) is 0 Å². The molecule has 14 heavy (non-hydrogen) atoms. The molecule has 84 valence electrons. The van der Waals surface area contributed by atoms with E-state index in [9.17, 15) is 8.42 Å². The van der Waals surface area contributed by atoms with E-state index in [0.717, 1.165) is 25.7 Å². The lowest BCUT2D eigenvalue weighted by molar-refractivity contribution is 0.411. The highest BCUT2D eigenvalue weighted by Gasteiger charge is 2.21. The van der Waals surface area contributed by atoms with Crippen LogP contribution in [0.25, 0.3) is 0 Å². The SMILES string of the molecule is CC(NC1CCCCCC1)S(=O)(=O)O. The van der Waals surface area contributed by atoms with Crippen molar-refractivity contribution in [3.63, 3.8) is 0 Å². The maximum absolute atomic E-state index is 10.8. The Hall–Kier alpha value is -0.130. The van der Waals surface area contributed by atoms with Gasteiger partial charge in [-0.2, -0.15) is 8.42 Å². The van der Waals surface area contributed by atoms with Crippen LogP contribution in [0.4, 0.5) is 0 Å². The van der Waals surface area contributed by atoms with Crippen molar-refractivity contribution in [2.75, 3.05) is 0 Å². The van der Waals surface area contributed by atoms with Crippen molar-refractivity contribution < 1.29 is 13.0 Å². The lowest BCUT2D eigenvalue weighted by atomic mass is 10.1. The number of nitrogens with one attached hydrogen (secondary N) is 1. The van der Waals surface area contributed by atoms with Crippen LogP contribution in [0.2, 0.25) is 0 Å². The van der Waals surface area contributed by atoms with Gasteiger partial charge >= 0.3 is 0 Å². The highest BCUT2D eigenvalue weighted by atomic mass is 32.2. The molecule has 0 aliphatic heterocycles. The standard InChI is InChI=1S/C9H19NO3S/c1-8(14(11,12)13)10-9-6-4-2-3-5-7-9/h8-10H,2-7H2,1H3,(H,11,12,13). The molecule has 1 unspecified atom stereocenters. The molecule has 1 fully saturated rings. The molecule has 1 aliphatic rings. The number of hydrogen-bond acceptors (Lipinski definition) is 3. The van der Waals surface area contributed by atoms with Gasteiger partial charge in [-0.1, -0.05) is 25.7 Å². The predicted molar refractivity (Wildman–Crippen MR) is 55.6 cm³/mol. The van der Waals surface area contributed by atoms with Crippen LogP contribution in [0.3, 0.4) is 0 Å². The van der Waals surface area contributed by atoms with Crippen LogP contribution in [-0.4, -0.2) is 24.4 Å². The van der Waals surface area contributed by atoms with Gasteiger partial charge in [-0.25, -0.2) is 0 Å². The van der Waals surface area contributed by atoms with Crippen molar-refractivity contribution in [3.05, 3.63) is 0 Å². The molecule has 1 aliphatic carbocycles. The monoisotopic (exact) mass is 221 g/mol. The third kappa shape index (κ3) is 3.94. The third-order valence-corrected chi connectivity index (χ3v) is 3.80. The normalized spacial score (nSPS) is 23.0. The predicted octanol–water partition coefficient (Wildman–Crippen LogP) is 1.53. The highest BCUT2D eigenvalue weighted by Crippen LogP contribution is 2.17. The minimum atomic E-state index is -3.93. The van der Waals surface area contributed by atoms with Crippen molar-refractivity contribution in [1.29, 1.82) is 0 Å². The van der Waals surface area contributed by atoms with Gasteiger partial charge in [0.05, 0.1) is 0 Å². The molecular weight excluding hydrogens is 202 g/mol. The lowest BCUT2D eigenvalue weighted by Crippen LogP contribution is -2.40. The van der Waals surface area contributed by atoms with E-state index in [1.54, 1.807) is 0 Å². The molecule has 1 saturated carbocycles. The summed E-state index contributed by atoms with van der Waals surface area (Å²) in [7, 11) is -3.93. The molecule has 0 spiro atoms. The molecular formula is C9H19NO3S. The fourth-order valence-electron chi connectivity index (χ4n) is 1.86. The van der Waals surface area contributed by atoms with Gasteiger partial charge in [0.25, 0.3) is 10.1 Å². The Bertz CT molecular complexity index is 255. The lowest BCUT2D eigenvalue weighted by Gasteiger charge is -2.19. The van der Waals surface area contributed by atoms with E-state index in [4.69, 9.17) is 4.55 Å². The van der Waals surface area contributed by atoms with Gasteiger partial charge in [0, 0.05) is 6.04 Å². The van der Waals surface area contributed by atoms with Crippen LogP contribution in [0.1, 0.15) is 45.4 Å². The zero-order valence-electron chi connectivity index (χ0n) is 8.57. The summed E-state index contributed by atoms with van der Waals surface area (Å²) in [4.78, 5) is 0. The fraction of sp³-hybridized carbons (Fsp3) is 1.00. The van der Waals surface area contributed by atoms with Gasteiger partial charge in [-0.05, 0) is 19.8 Å². The van der Waals surface area contributed by atoms with Gasteiger partial charge in [-0.15, -0.1) is 0 Å². The zero-order valence-corrected chi connectivity index (χ0v) is 9.39. The third-order valence-electron chi connectivity index (χ3n) is 2.77. The Kier molecular flexibility index (Phi) is 4.34. The van der Waals surface area contributed by atoms with Crippen molar-refractivity contribution >= 4 is 10.1 Å². The highest BCUT2D eigenvalue weighted by molar-refractivity contribution is 7.86. The van der Waals surface area contributed by atoms with E-state index in [2.05, 4.69) is 5.32 Å². The Morgan fingerprint density at radius 3 is 2.14 bits per heavy atom. The first kappa shape index (κ1) is 11.9. The van der Waals surface area contributed by atoms with Gasteiger partial charge < -0.3 is 0 Å². The summed E-state index contributed by atoms with van der Waals surface area (Å²) in [5.41, 5.74) is 0. The van der Waals surface area contributed by atoms with Crippen LogP contribution < -0.4 is 5.32 Å². The summed E-state index contributed by atoms with van der Waals surface area (Å²) in [6, 6.07) is 0.245. The molecule has 0 saturated heterocycles. The first-order valence-electron chi connectivity index (χ1n) is 5.22. The second kappa shape index (κ2) is 5.09. The molecule has 0 heterocycles. The molecule has 0 radical (unpaired) electrons. The smallest absolute Gasteiger partial charge is 0.280 e. The second-order valence-electron chi connectivity index (χ2n) is 4.01. The molecule has 0 aromatic heterocycles. The summed E-state index contributed by atoms with van der Waals surface area (Å²) >= 11 is 0. The van der Waals surface area contributed by atoms with Crippen LogP contribution in [0.5, 0.6) is 0 Å². The van der Waals surface area contributed by atoms with Crippen LogP contribution in [0, 0.1) is 0 Å². The molecule has 1 rings (SSSR count). The molecule has 2 N–H and O–H groups in total. The van der Waals surface area contributed by atoms with E-state index < -0.39 is 15.5 Å². The minimum absolute atomic E-state index is 0.245. The molecule has 0 amide bonds. The topological polar surface area (TPSA) is 66.4 Å².